The van der Waals surface area contributed by atoms with E-state index in [0.717, 1.165) is 25.9 Å². The van der Waals surface area contributed by atoms with Crippen LogP contribution in [0, 0.1) is 0 Å². The highest BCUT2D eigenvalue weighted by molar-refractivity contribution is 5.84. The molecule has 2 heterocycles. The van der Waals surface area contributed by atoms with Gasteiger partial charge in [0.15, 0.2) is 0 Å². The Kier molecular flexibility index (Phi) is 3.58. The van der Waals surface area contributed by atoms with Gasteiger partial charge in [-0.05, 0) is 31.5 Å². The van der Waals surface area contributed by atoms with Crippen LogP contribution in [0.15, 0.2) is 16.5 Å². The Morgan fingerprint density at radius 2 is 2.50 bits per heavy atom. The number of aromatic carboxylic acids is 1. The van der Waals surface area contributed by atoms with Gasteiger partial charge in [0.1, 0.15) is 12.4 Å². The molecule has 0 saturated carbocycles. The molecule has 1 atom stereocenters. The van der Waals surface area contributed by atoms with Crippen LogP contribution < -0.4 is 5.32 Å². The molecular weight excluding hydrogens is 210 g/mol. The van der Waals surface area contributed by atoms with Crippen LogP contribution >= 0.6 is 0 Å². The Balaban J connectivity index is 1.81. The standard InChI is InChI=1S/C11H15NO4/c13-11(14)10-4-3-9(16-10)7-15-8-2-1-5-12-6-8/h3-4,8,12H,1-2,5-7H2,(H,13,14). The van der Waals surface area contributed by atoms with Crippen LogP contribution in [0.4, 0.5) is 0 Å². The normalized spacial score (nSPS) is 20.9. The summed E-state index contributed by atoms with van der Waals surface area (Å²) in [4.78, 5) is 10.6. The summed E-state index contributed by atoms with van der Waals surface area (Å²) >= 11 is 0. The molecule has 5 nitrogen and oxygen atoms in total. The number of furan rings is 1. The molecule has 0 aliphatic carbocycles. The Morgan fingerprint density at radius 3 is 3.12 bits per heavy atom. The minimum Gasteiger partial charge on any atom is -0.475 e. The van der Waals surface area contributed by atoms with E-state index < -0.39 is 5.97 Å². The molecule has 1 fully saturated rings. The summed E-state index contributed by atoms with van der Waals surface area (Å²) < 4.78 is 10.7. The molecule has 88 valence electrons. The fourth-order valence-electron chi connectivity index (χ4n) is 1.73. The highest BCUT2D eigenvalue weighted by Gasteiger charge is 2.15. The summed E-state index contributed by atoms with van der Waals surface area (Å²) in [5.41, 5.74) is 0. The monoisotopic (exact) mass is 225 g/mol. The van der Waals surface area contributed by atoms with E-state index in [1.807, 2.05) is 0 Å². The molecule has 1 aliphatic heterocycles. The lowest BCUT2D eigenvalue weighted by atomic mass is 10.1. The minimum atomic E-state index is -1.05. The zero-order valence-corrected chi connectivity index (χ0v) is 8.94. The Labute approximate surface area is 93.4 Å². The van der Waals surface area contributed by atoms with Gasteiger partial charge in [0.05, 0.1) is 6.10 Å². The molecule has 1 aromatic rings. The second-order valence-corrected chi connectivity index (χ2v) is 3.85. The Morgan fingerprint density at radius 1 is 1.62 bits per heavy atom. The van der Waals surface area contributed by atoms with Crippen molar-refractivity contribution < 1.29 is 19.1 Å². The molecule has 0 bridgehead atoms. The van der Waals surface area contributed by atoms with E-state index in [1.54, 1.807) is 6.07 Å². The van der Waals surface area contributed by atoms with E-state index in [-0.39, 0.29) is 11.9 Å². The first-order chi connectivity index (χ1) is 7.75. The van der Waals surface area contributed by atoms with Crippen molar-refractivity contribution in [3.63, 3.8) is 0 Å². The lowest BCUT2D eigenvalue weighted by Gasteiger charge is -2.22. The van der Waals surface area contributed by atoms with Crippen LogP contribution in [0.25, 0.3) is 0 Å². The molecule has 0 spiro atoms. The topological polar surface area (TPSA) is 71.7 Å². The number of ether oxygens (including phenoxy) is 1. The predicted octanol–water partition coefficient (Wildman–Crippen LogP) is 1.25. The molecule has 1 saturated heterocycles. The van der Waals surface area contributed by atoms with Gasteiger partial charge in [0.2, 0.25) is 5.76 Å². The van der Waals surface area contributed by atoms with Crippen LogP contribution in [0.1, 0.15) is 29.2 Å². The zero-order chi connectivity index (χ0) is 11.4. The van der Waals surface area contributed by atoms with Gasteiger partial charge in [-0.15, -0.1) is 0 Å². The van der Waals surface area contributed by atoms with Crippen molar-refractivity contribution in [2.24, 2.45) is 0 Å². The second kappa shape index (κ2) is 5.14. The quantitative estimate of drug-likeness (QED) is 0.806. The number of nitrogens with one attached hydrogen (secondary N) is 1. The molecular formula is C11H15NO4. The highest BCUT2D eigenvalue weighted by atomic mass is 16.5. The summed E-state index contributed by atoms with van der Waals surface area (Å²) in [6, 6.07) is 3.08. The van der Waals surface area contributed by atoms with Crippen LogP contribution in [0.2, 0.25) is 0 Å². The predicted molar refractivity (Wildman–Crippen MR) is 56.3 cm³/mol. The van der Waals surface area contributed by atoms with Crippen molar-refractivity contribution in [1.82, 2.24) is 5.32 Å². The SMILES string of the molecule is O=C(O)c1ccc(COC2CCCNC2)o1. The van der Waals surface area contributed by atoms with E-state index in [1.165, 1.54) is 6.07 Å². The number of hydrogen-bond acceptors (Lipinski definition) is 4. The second-order valence-electron chi connectivity index (χ2n) is 3.85. The van der Waals surface area contributed by atoms with Crippen LogP contribution in [-0.4, -0.2) is 30.3 Å². The highest BCUT2D eigenvalue weighted by Crippen LogP contribution is 2.12. The van der Waals surface area contributed by atoms with Gasteiger partial charge in [-0.25, -0.2) is 4.79 Å². The third kappa shape index (κ3) is 2.84. The molecule has 1 aliphatic rings. The largest absolute Gasteiger partial charge is 0.475 e. The van der Waals surface area contributed by atoms with Crippen molar-refractivity contribution >= 4 is 5.97 Å². The molecule has 2 N–H and O–H groups in total. The Hall–Kier alpha value is -1.33. The third-order valence-electron chi connectivity index (χ3n) is 2.59. The maximum atomic E-state index is 10.6. The molecule has 0 aromatic carbocycles. The number of carboxylic acid groups (broad SMARTS) is 1. The van der Waals surface area contributed by atoms with E-state index >= 15 is 0 Å². The van der Waals surface area contributed by atoms with Gasteiger partial charge >= 0.3 is 5.97 Å². The molecule has 0 amide bonds. The van der Waals surface area contributed by atoms with Crippen molar-refractivity contribution in [2.45, 2.75) is 25.6 Å². The molecule has 2 rings (SSSR count). The van der Waals surface area contributed by atoms with Gasteiger partial charge in [-0.2, -0.15) is 0 Å². The van der Waals surface area contributed by atoms with Gasteiger partial charge in [0, 0.05) is 6.54 Å². The van der Waals surface area contributed by atoms with Crippen molar-refractivity contribution in [2.75, 3.05) is 13.1 Å². The Bertz CT molecular complexity index is 355. The fourth-order valence-corrected chi connectivity index (χ4v) is 1.73. The molecule has 1 aromatic heterocycles. The lowest BCUT2D eigenvalue weighted by Crippen LogP contribution is -2.35. The number of carboxylic acids is 1. The molecule has 1 unspecified atom stereocenters. The van der Waals surface area contributed by atoms with Crippen molar-refractivity contribution in [3.8, 4) is 0 Å². The van der Waals surface area contributed by atoms with Crippen molar-refractivity contribution in [1.29, 1.82) is 0 Å². The number of rotatable bonds is 4. The molecule has 0 radical (unpaired) electrons. The minimum absolute atomic E-state index is 0.0413. The zero-order valence-electron chi connectivity index (χ0n) is 8.94. The van der Waals surface area contributed by atoms with Crippen molar-refractivity contribution in [3.05, 3.63) is 23.7 Å². The molecule has 5 heteroatoms. The van der Waals surface area contributed by atoms with Gasteiger partial charge in [-0.1, -0.05) is 0 Å². The van der Waals surface area contributed by atoms with Gasteiger partial charge in [-0.3, -0.25) is 0 Å². The summed E-state index contributed by atoms with van der Waals surface area (Å²) in [5.74, 6) is -0.533. The first kappa shape index (κ1) is 11.2. The summed E-state index contributed by atoms with van der Waals surface area (Å²) in [6.07, 6.45) is 2.36. The third-order valence-corrected chi connectivity index (χ3v) is 2.59. The van der Waals surface area contributed by atoms with Gasteiger partial charge in [0.25, 0.3) is 0 Å². The first-order valence-corrected chi connectivity index (χ1v) is 5.40. The summed E-state index contributed by atoms with van der Waals surface area (Å²) in [6.45, 7) is 2.23. The maximum absolute atomic E-state index is 10.6. The van der Waals surface area contributed by atoms with Crippen LogP contribution in [-0.2, 0) is 11.3 Å². The number of piperidine rings is 1. The lowest BCUT2D eigenvalue weighted by molar-refractivity contribution is 0.0161. The average molecular weight is 225 g/mol. The number of carbonyl (C=O) groups is 1. The fraction of sp³-hybridized carbons (Fsp3) is 0.545. The average Bonchev–Trinajstić information content (AvgIpc) is 2.76. The van der Waals surface area contributed by atoms with E-state index in [2.05, 4.69) is 5.32 Å². The van der Waals surface area contributed by atoms with Crippen LogP contribution in [0.3, 0.4) is 0 Å². The van der Waals surface area contributed by atoms with E-state index in [9.17, 15) is 4.79 Å². The number of hydrogen-bond donors (Lipinski definition) is 2. The van der Waals surface area contributed by atoms with E-state index in [4.69, 9.17) is 14.3 Å². The first-order valence-electron chi connectivity index (χ1n) is 5.40. The van der Waals surface area contributed by atoms with Gasteiger partial charge < -0.3 is 19.6 Å². The summed E-state index contributed by atoms with van der Waals surface area (Å²) in [5, 5.41) is 11.9. The maximum Gasteiger partial charge on any atom is 0.371 e. The summed E-state index contributed by atoms with van der Waals surface area (Å²) in [7, 11) is 0. The van der Waals surface area contributed by atoms with E-state index in [0.29, 0.717) is 12.4 Å². The molecule has 16 heavy (non-hydrogen) atoms. The smallest absolute Gasteiger partial charge is 0.371 e. The van der Waals surface area contributed by atoms with Crippen LogP contribution in [0.5, 0.6) is 0 Å².